The van der Waals surface area contributed by atoms with Crippen molar-refractivity contribution in [3.8, 4) is 0 Å². The van der Waals surface area contributed by atoms with Crippen molar-refractivity contribution in [3.05, 3.63) is 53.3 Å². The molecule has 2 aromatic heterocycles. The van der Waals surface area contributed by atoms with Gasteiger partial charge in [0.2, 0.25) is 0 Å². The molecule has 0 bridgehead atoms. The minimum absolute atomic E-state index is 0.0689. The molecule has 1 amide bonds. The highest BCUT2D eigenvalue weighted by Crippen LogP contribution is 2.28. The highest BCUT2D eigenvalue weighted by Gasteiger charge is 2.35. The summed E-state index contributed by atoms with van der Waals surface area (Å²) in [5, 5.41) is 7.47. The van der Waals surface area contributed by atoms with Crippen LogP contribution in [-0.2, 0) is 23.2 Å². The first-order valence-corrected chi connectivity index (χ1v) is 9.87. The zero-order chi connectivity index (χ0) is 20.5. The topological polar surface area (TPSA) is 106 Å². The maximum Gasteiger partial charge on any atom is 0.435 e. The lowest BCUT2D eigenvalue weighted by Gasteiger charge is -2.08. The molecule has 0 aliphatic heterocycles. The van der Waals surface area contributed by atoms with Crippen LogP contribution in [0.3, 0.4) is 0 Å². The number of aryl methyl sites for hydroxylation is 1. The van der Waals surface area contributed by atoms with Gasteiger partial charge in [0.05, 0.1) is 4.90 Å². The summed E-state index contributed by atoms with van der Waals surface area (Å²) in [5.41, 5.74) is -1.28. The summed E-state index contributed by atoms with van der Waals surface area (Å²) >= 11 is 1.11. The van der Waals surface area contributed by atoms with Gasteiger partial charge in [-0.05, 0) is 24.3 Å². The zero-order valence-electron chi connectivity index (χ0n) is 14.1. The fraction of sp³-hybridized carbons (Fsp3) is 0.133. The van der Waals surface area contributed by atoms with E-state index in [-0.39, 0.29) is 21.4 Å². The molecular weight excluding hydrogens is 419 g/mol. The first kappa shape index (κ1) is 19.8. The number of carbonyl (C=O) groups excluding carboxylic acids is 1. The van der Waals surface area contributed by atoms with E-state index in [2.05, 4.69) is 20.1 Å². The number of nitrogens with zero attached hydrogens (tertiary/aromatic N) is 3. The van der Waals surface area contributed by atoms with Crippen molar-refractivity contribution in [1.82, 2.24) is 14.8 Å². The van der Waals surface area contributed by atoms with E-state index in [0.717, 1.165) is 16.0 Å². The van der Waals surface area contributed by atoms with Crippen LogP contribution in [0, 0.1) is 0 Å². The van der Waals surface area contributed by atoms with Crippen molar-refractivity contribution in [2.75, 3.05) is 10.0 Å². The van der Waals surface area contributed by atoms with Gasteiger partial charge in [0.15, 0.2) is 10.8 Å². The van der Waals surface area contributed by atoms with Gasteiger partial charge in [-0.3, -0.25) is 14.2 Å². The van der Waals surface area contributed by atoms with Gasteiger partial charge in [-0.2, -0.15) is 18.3 Å². The SMILES string of the molecule is Cn1nc(C(F)(F)F)cc1C(=O)Nc1ccc(S(=O)(=O)Nc2nccs2)cc1. The second-order valence-electron chi connectivity index (χ2n) is 5.46. The molecule has 28 heavy (non-hydrogen) atoms. The third-order valence-electron chi connectivity index (χ3n) is 3.48. The molecule has 0 fully saturated rings. The smallest absolute Gasteiger partial charge is 0.321 e. The molecule has 0 aliphatic carbocycles. The number of anilines is 2. The second-order valence-corrected chi connectivity index (χ2v) is 8.03. The fourth-order valence-electron chi connectivity index (χ4n) is 2.18. The van der Waals surface area contributed by atoms with E-state index in [1.165, 1.54) is 37.5 Å². The van der Waals surface area contributed by atoms with Crippen molar-refractivity contribution in [3.63, 3.8) is 0 Å². The van der Waals surface area contributed by atoms with Gasteiger partial charge < -0.3 is 5.32 Å². The van der Waals surface area contributed by atoms with Gasteiger partial charge in [0.25, 0.3) is 15.9 Å². The first-order chi connectivity index (χ1) is 13.1. The van der Waals surface area contributed by atoms with E-state index in [1.807, 2.05) is 0 Å². The summed E-state index contributed by atoms with van der Waals surface area (Å²) in [6.45, 7) is 0. The van der Waals surface area contributed by atoms with Gasteiger partial charge in [0, 0.05) is 30.4 Å². The van der Waals surface area contributed by atoms with Crippen LogP contribution < -0.4 is 10.0 Å². The number of alkyl halides is 3. The Bertz CT molecular complexity index is 1090. The first-order valence-electron chi connectivity index (χ1n) is 7.51. The summed E-state index contributed by atoms with van der Waals surface area (Å²) in [6, 6.07) is 5.75. The summed E-state index contributed by atoms with van der Waals surface area (Å²) in [7, 11) is -2.64. The summed E-state index contributed by atoms with van der Waals surface area (Å²) in [4.78, 5) is 16.0. The Morgan fingerprint density at radius 3 is 2.43 bits per heavy atom. The Morgan fingerprint density at radius 1 is 1.21 bits per heavy atom. The van der Waals surface area contributed by atoms with E-state index in [1.54, 1.807) is 5.38 Å². The molecule has 8 nitrogen and oxygen atoms in total. The minimum atomic E-state index is -4.67. The number of aromatic nitrogens is 3. The lowest BCUT2D eigenvalue weighted by molar-refractivity contribution is -0.141. The average Bonchev–Trinajstić information content (AvgIpc) is 3.24. The third-order valence-corrected chi connectivity index (χ3v) is 5.65. The van der Waals surface area contributed by atoms with Crippen LogP contribution in [0.15, 0.2) is 46.8 Å². The zero-order valence-corrected chi connectivity index (χ0v) is 15.7. The van der Waals surface area contributed by atoms with Crippen molar-refractivity contribution in [2.45, 2.75) is 11.1 Å². The third kappa shape index (κ3) is 4.31. The highest BCUT2D eigenvalue weighted by atomic mass is 32.2. The number of nitrogens with one attached hydrogen (secondary N) is 2. The Morgan fingerprint density at radius 2 is 1.89 bits per heavy atom. The molecule has 148 valence electrons. The number of halogens is 3. The fourth-order valence-corrected chi connectivity index (χ4v) is 3.97. The van der Waals surface area contributed by atoms with Crippen LogP contribution in [0.5, 0.6) is 0 Å². The van der Waals surface area contributed by atoms with Crippen LogP contribution in [-0.4, -0.2) is 29.1 Å². The number of carbonyl (C=O) groups is 1. The van der Waals surface area contributed by atoms with E-state index >= 15 is 0 Å². The van der Waals surface area contributed by atoms with Crippen LogP contribution >= 0.6 is 11.3 Å². The molecule has 0 spiro atoms. The molecule has 0 atom stereocenters. The lowest BCUT2D eigenvalue weighted by Crippen LogP contribution is -2.16. The number of hydrogen-bond donors (Lipinski definition) is 2. The Balaban J connectivity index is 1.74. The monoisotopic (exact) mass is 431 g/mol. The van der Waals surface area contributed by atoms with Gasteiger partial charge in [0.1, 0.15) is 5.69 Å². The molecule has 0 saturated heterocycles. The Labute approximate surface area is 161 Å². The molecule has 1 aromatic carbocycles. The number of sulfonamides is 1. The number of hydrogen-bond acceptors (Lipinski definition) is 6. The molecule has 0 radical (unpaired) electrons. The normalized spacial score (nSPS) is 12.0. The predicted octanol–water partition coefficient (Wildman–Crippen LogP) is 2.95. The molecule has 3 rings (SSSR count). The van der Waals surface area contributed by atoms with Crippen molar-refractivity contribution >= 4 is 38.1 Å². The molecule has 3 aromatic rings. The summed E-state index contributed by atoms with van der Waals surface area (Å²) in [6.07, 6.45) is -3.22. The van der Waals surface area contributed by atoms with E-state index in [0.29, 0.717) is 6.07 Å². The maximum atomic E-state index is 12.7. The lowest BCUT2D eigenvalue weighted by atomic mass is 10.3. The number of amides is 1. The second kappa shape index (κ2) is 7.24. The van der Waals surface area contributed by atoms with Crippen molar-refractivity contribution < 1.29 is 26.4 Å². The number of thiazole rings is 1. The van der Waals surface area contributed by atoms with Gasteiger partial charge in [-0.25, -0.2) is 13.4 Å². The van der Waals surface area contributed by atoms with E-state index in [4.69, 9.17) is 0 Å². The molecule has 0 unspecified atom stereocenters. The van der Waals surface area contributed by atoms with Gasteiger partial charge in [-0.15, -0.1) is 11.3 Å². The molecular formula is C15H12F3N5O3S2. The Kier molecular flexibility index (Phi) is 5.12. The largest absolute Gasteiger partial charge is 0.435 e. The van der Waals surface area contributed by atoms with Crippen LogP contribution in [0.25, 0.3) is 0 Å². The van der Waals surface area contributed by atoms with Crippen LogP contribution in [0.4, 0.5) is 24.0 Å². The summed E-state index contributed by atoms with van der Waals surface area (Å²) < 4.78 is 65.7. The van der Waals surface area contributed by atoms with E-state index < -0.39 is 27.8 Å². The number of rotatable bonds is 5. The van der Waals surface area contributed by atoms with Crippen molar-refractivity contribution in [1.29, 1.82) is 0 Å². The van der Waals surface area contributed by atoms with Gasteiger partial charge in [-0.1, -0.05) is 0 Å². The van der Waals surface area contributed by atoms with Crippen LogP contribution in [0.1, 0.15) is 16.2 Å². The average molecular weight is 431 g/mol. The van der Waals surface area contributed by atoms with Crippen molar-refractivity contribution in [2.24, 2.45) is 7.05 Å². The van der Waals surface area contributed by atoms with Gasteiger partial charge >= 0.3 is 6.18 Å². The quantitative estimate of drug-likeness (QED) is 0.646. The predicted molar refractivity (Wildman–Crippen MR) is 95.5 cm³/mol. The molecule has 2 heterocycles. The Hall–Kier alpha value is -2.93. The summed E-state index contributed by atoms with van der Waals surface area (Å²) in [5.74, 6) is -0.818. The molecule has 2 N–H and O–H groups in total. The number of benzene rings is 1. The molecule has 0 aliphatic rings. The molecule has 13 heteroatoms. The standard InChI is InChI=1S/C15H12F3N5O3S2/c1-23-11(8-12(21-23)15(16,17)18)13(24)20-9-2-4-10(5-3-9)28(25,26)22-14-19-6-7-27-14/h2-8H,1H3,(H,19,22)(H,20,24). The highest BCUT2D eigenvalue weighted by molar-refractivity contribution is 7.93. The molecule has 0 saturated carbocycles. The maximum absolute atomic E-state index is 12.7. The minimum Gasteiger partial charge on any atom is -0.321 e. The van der Waals surface area contributed by atoms with E-state index in [9.17, 15) is 26.4 Å². The van der Waals surface area contributed by atoms with Crippen LogP contribution in [0.2, 0.25) is 0 Å².